The number of hydrogen-bond acceptors (Lipinski definition) is 3. The molecule has 0 bridgehead atoms. The summed E-state index contributed by atoms with van der Waals surface area (Å²) >= 11 is 0. The quantitative estimate of drug-likeness (QED) is 0.843. The van der Waals surface area contributed by atoms with E-state index in [1.807, 2.05) is 42.6 Å². The van der Waals surface area contributed by atoms with E-state index in [9.17, 15) is 4.79 Å². The highest BCUT2D eigenvalue weighted by Gasteiger charge is 2.04. The van der Waals surface area contributed by atoms with Gasteiger partial charge >= 0.3 is 0 Å². The molecule has 0 saturated carbocycles. The van der Waals surface area contributed by atoms with Gasteiger partial charge in [0.1, 0.15) is 11.5 Å². The zero-order valence-electron chi connectivity index (χ0n) is 10.7. The minimum Gasteiger partial charge on any atom is -0.371 e. The predicted octanol–water partition coefficient (Wildman–Crippen LogP) is 1.66. The summed E-state index contributed by atoms with van der Waals surface area (Å²) in [6, 6.07) is 6.04. The van der Waals surface area contributed by atoms with Gasteiger partial charge in [0.15, 0.2) is 0 Å². The molecule has 5 heteroatoms. The second kappa shape index (κ2) is 5.53. The fraction of sp³-hybridized carbons (Fsp3) is 0.385. The van der Waals surface area contributed by atoms with Crippen molar-refractivity contribution in [1.82, 2.24) is 14.7 Å². The number of carbonyl (C=O) groups excluding carboxylic acids is 1. The van der Waals surface area contributed by atoms with Gasteiger partial charge in [-0.3, -0.25) is 9.20 Å². The Morgan fingerprint density at radius 1 is 1.44 bits per heavy atom. The molecule has 0 atom stereocenters. The zero-order chi connectivity index (χ0) is 13.0. The molecule has 2 rings (SSSR count). The van der Waals surface area contributed by atoms with Gasteiger partial charge in [0.25, 0.3) is 0 Å². The third kappa shape index (κ3) is 3.00. The first-order valence-corrected chi connectivity index (χ1v) is 6.12. The van der Waals surface area contributed by atoms with Crippen molar-refractivity contribution < 1.29 is 4.79 Å². The lowest BCUT2D eigenvalue weighted by atomic mass is 10.3. The average molecular weight is 246 g/mol. The van der Waals surface area contributed by atoms with Gasteiger partial charge in [-0.05, 0) is 26.0 Å². The molecule has 0 aliphatic heterocycles. The van der Waals surface area contributed by atoms with Crippen LogP contribution in [0.4, 0.5) is 5.82 Å². The van der Waals surface area contributed by atoms with Crippen molar-refractivity contribution in [2.75, 3.05) is 11.9 Å². The number of nitrogens with zero attached hydrogens (tertiary/aromatic N) is 2. The summed E-state index contributed by atoms with van der Waals surface area (Å²) in [4.78, 5) is 15.7. The first kappa shape index (κ1) is 12.4. The Labute approximate surface area is 106 Å². The number of fused-ring (bicyclic) bond motifs is 1. The Hall–Kier alpha value is -2.04. The van der Waals surface area contributed by atoms with E-state index in [0.717, 1.165) is 11.5 Å². The summed E-state index contributed by atoms with van der Waals surface area (Å²) in [6.45, 7) is 4.52. The second-order valence-electron chi connectivity index (χ2n) is 4.47. The van der Waals surface area contributed by atoms with Crippen molar-refractivity contribution in [3.63, 3.8) is 0 Å². The summed E-state index contributed by atoms with van der Waals surface area (Å²) in [5.74, 6) is 1.01. The van der Waals surface area contributed by atoms with Crippen LogP contribution in [0.15, 0.2) is 30.6 Å². The van der Waals surface area contributed by atoms with Gasteiger partial charge in [-0.25, -0.2) is 4.98 Å². The topological polar surface area (TPSA) is 58.4 Å². The summed E-state index contributed by atoms with van der Waals surface area (Å²) in [7, 11) is 0. The monoisotopic (exact) mass is 246 g/mol. The van der Waals surface area contributed by atoms with Crippen molar-refractivity contribution in [2.45, 2.75) is 26.3 Å². The zero-order valence-corrected chi connectivity index (χ0v) is 10.7. The summed E-state index contributed by atoms with van der Waals surface area (Å²) < 4.78 is 1.96. The molecule has 2 heterocycles. The van der Waals surface area contributed by atoms with Crippen LogP contribution in [0.2, 0.25) is 0 Å². The van der Waals surface area contributed by atoms with Crippen LogP contribution in [0.3, 0.4) is 0 Å². The second-order valence-corrected chi connectivity index (χ2v) is 4.47. The van der Waals surface area contributed by atoms with Gasteiger partial charge in [-0.15, -0.1) is 0 Å². The molecule has 0 unspecified atom stereocenters. The van der Waals surface area contributed by atoms with Gasteiger partial charge in [0.05, 0.1) is 0 Å². The number of rotatable bonds is 5. The van der Waals surface area contributed by atoms with E-state index in [1.165, 1.54) is 0 Å². The van der Waals surface area contributed by atoms with Crippen LogP contribution < -0.4 is 10.6 Å². The highest BCUT2D eigenvalue weighted by Crippen LogP contribution is 2.10. The highest BCUT2D eigenvalue weighted by molar-refractivity contribution is 5.76. The molecule has 0 saturated heterocycles. The molecular formula is C13H18N4O. The van der Waals surface area contributed by atoms with Crippen LogP contribution in [-0.4, -0.2) is 27.9 Å². The molecule has 2 N–H and O–H groups in total. The van der Waals surface area contributed by atoms with Crippen LogP contribution in [0.1, 0.15) is 20.3 Å². The maximum Gasteiger partial charge on any atom is 0.221 e. The number of imidazole rings is 1. The van der Waals surface area contributed by atoms with Crippen molar-refractivity contribution in [1.29, 1.82) is 0 Å². The summed E-state index contributed by atoms with van der Waals surface area (Å²) in [6.07, 6.45) is 4.11. The van der Waals surface area contributed by atoms with E-state index in [4.69, 9.17) is 0 Å². The lowest BCUT2D eigenvalue weighted by Crippen LogP contribution is -2.31. The van der Waals surface area contributed by atoms with Crippen LogP contribution in [0, 0.1) is 0 Å². The van der Waals surface area contributed by atoms with Crippen molar-refractivity contribution in [3.05, 3.63) is 30.6 Å². The Kier molecular flexibility index (Phi) is 3.82. The molecule has 2 aromatic heterocycles. The summed E-state index contributed by atoms with van der Waals surface area (Å²) in [5, 5.41) is 6.10. The largest absolute Gasteiger partial charge is 0.371 e. The third-order valence-corrected chi connectivity index (χ3v) is 2.54. The van der Waals surface area contributed by atoms with Crippen molar-refractivity contribution >= 4 is 17.4 Å². The van der Waals surface area contributed by atoms with Gasteiger partial charge in [-0.1, -0.05) is 6.07 Å². The standard InChI is InChI=1S/C13H18N4O/c1-10(2)16-13(18)6-7-14-11-4-3-5-12-15-8-9-17(11)12/h3-5,8-10,14H,6-7H2,1-2H3,(H,16,18). The van der Waals surface area contributed by atoms with Crippen molar-refractivity contribution in [2.24, 2.45) is 0 Å². The number of amides is 1. The van der Waals surface area contributed by atoms with Crippen molar-refractivity contribution in [3.8, 4) is 0 Å². The predicted molar refractivity (Wildman–Crippen MR) is 71.6 cm³/mol. The average Bonchev–Trinajstić information content (AvgIpc) is 2.76. The molecule has 1 amide bonds. The molecule has 0 fully saturated rings. The molecule has 5 nitrogen and oxygen atoms in total. The van der Waals surface area contributed by atoms with E-state index in [-0.39, 0.29) is 11.9 Å². The minimum absolute atomic E-state index is 0.0651. The first-order valence-electron chi connectivity index (χ1n) is 6.12. The molecule has 0 aromatic carbocycles. The Morgan fingerprint density at radius 3 is 3.06 bits per heavy atom. The highest BCUT2D eigenvalue weighted by atomic mass is 16.1. The smallest absolute Gasteiger partial charge is 0.221 e. The Morgan fingerprint density at radius 2 is 2.28 bits per heavy atom. The van der Waals surface area contributed by atoms with E-state index >= 15 is 0 Å². The fourth-order valence-corrected chi connectivity index (χ4v) is 1.79. The number of pyridine rings is 1. The number of carbonyl (C=O) groups is 1. The van der Waals surface area contributed by atoms with Gasteiger partial charge in [0.2, 0.25) is 5.91 Å². The lowest BCUT2D eigenvalue weighted by molar-refractivity contribution is -0.121. The normalized spacial score (nSPS) is 10.8. The van der Waals surface area contributed by atoms with E-state index in [1.54, 1.807) is 6.20 Å². The molecule has 0 radical (unpaired) electrons. The Bertz CT molecular complexity index is 533. The number of nitrogens with one attached hydrogen (secondary N) is 2. The number of anilines is 1. The van der Waals surface area contributed by atoms with Crippen LogP contribution in [0.25, 0.3) is 5.65 Å². The summed E-state index contributed by atoms with van der Waals surface area (Å²) in [5.41, 5.74) is 0.895. The molecular weight excluding hydrogens is 228 g/mol. The van der Waals surface area contributed by atoms with Gasteiger partial charge in [-0.2, -0.15) is 0 Å². The van der Waals surface area contributed by atoms with Crippen LogP contribution in [-0.2, 0) is 4.79 Å². The molecule has 2 aromatic rings. The molecule has 96 valence electrons. The SMILES string of the molecule is CC(C)NC(=O)CCNc1cccc2nccn12. The van der Waals surface area contributed by atoms with Gasteiger partial charge < -0.3 is 10.6 Å². The van der Waals surface area contributed by atoms with E-state index in [0.29, 0.717) is 13.0 Å². The fourth-order valence-electron chi connectivity index (χ4n) is 1.79. The Balaban J connectivity index is 1.90. The van der Waals surface area contributed by atoms with E-state index in [2.05, 4.69) is 15.6 Å². The first-order chi connectivity index (χ1) is 8.66. The molecule has 0 aliphatic rings. The molecule has 0 spiro atoms. The van der Waals surface area contributed by atoms with Crippen LogP contribution in [0.5, 0.6) is 0 Å². The number of aromatic nitrogens is 2. The maximum absolute atomic E-state index is 11.5. The third-order valence-electron chi connectivity index (χ3n) is 2.54. The molecule has 0 aliphatic carbocycles. The number of hydrogen-bond donors (Lipinski definition) is 2. The van der Waals surface area contributed by atoms with E-state index < -0.39 is 0 Å². The molecule has 18 heavy (non-hydrogen) atoms. The maximum atomic E-state index is 11.5. The van der Waals surface area contributed by atoms with Gasteiger partial charge in [0, 0.05) is 31.4 Å². The van der Waals surface area contributed by atoms with Crippen LogP contribution >= 0.6 is 0 Å². The lowest BCUT2D eigenvalue weighted by Gasteiger charge is -2.10. The minimum atomic E-state index is 0.0651.